The van der Waals surface area contributed by atoms with Crippen LogP contribution in [0.3, 0.4) is 0 Å². The number of hydrogen-bond donors (Lipinski definition) is 0. The molecule has 0 atom stereocenters. The molecule has 0 saturated heterocycles. The third kappa shape index (κ3) is 3.68. The lowest BCUT2D eigenvalue weighted by Gasteiger charge is -2.11. The molecule has 3 aromatic rings. The van der Waals surface area contributed by atoms with Crippen LogP contribution >= 0.6 is 11.3 Å². The van der Waals surface area contributed by atoms with Gasteiger partial charge in [0.05, 0.1) is 19.2 Å². The van der Waals surface area contributed by atoms with Crippen molar-refractivity contribution in [2.75, 3.05) is 7.11 Å². The zero-order valence-electron chi connectivity index (χ0n) is 14.8. The number of carbonyl (C=O) groups excluding carboxylic acids is 1. The Bertz CT molecular complexity index is 991. The standard InChI is InChI=1S/C22H18N2O2S/c1-26-18-11-9-17(10-12-18)21-20(14-19-8-5-13-27-19)22(25)24(23-21)15-16-6-3-2-4-7-16/h2-14H,15H2,1H3/b20-14-. The van der Waals surface area contributed by atoms with Crippen molar-refractivity contribution in [3.05, 3.63) is 93.7 Å². The Hall–Kier alpha value is -3.18. The highest BCUT2D eigenvalue weighted by Crippen LogP contribution is 2.26. The minimum Gasteiger partial charge on any atom is -0.497 e. The third-order valence-corrected chi connectivity index (χ3v) is 5.13. The summed E-state index contributed by atoms with van der Waals surface area (Å²) in [7, 11) is 1.63. The summed E-state index contributed by atoms with van der Waals surface area (Å²) in [6.07, 6.45) is 1.92. The second-order valence-electron chi connectivity index (χ2n) is 6.10. The highest BCUT2D eigenvalue weighted by Gasteiger charge is 2.31. The van der Waals surface area contributed by atoms with Gasteiger partial charge in [-0.2, -0.15) is 5.10 Å². The van der Waals surface area contributed by atoms with Crippen molar-refractivity contribution >= 4 is 29.0 Å². The quantitative estimate of drug-likeness (QED) is 0.613. The Morgan fingerprint density at radius 2 is 1.81 bits per heavy atom. The minimum atomic E-state index is -0.0851. The lowest BCUT2D eigenvalue weighted by Crippen LogP contribution is -2.21. The topological polar surface area (TPSA) is 41.9 Å². The summed E-state index contributed by atoms with van der Waals surface area (Å²) in [6.45, 7) is 0.446. The first kappa shape index (κ1) is 17.2. The molecule has 0 bridgehead atoms. The van der Waals surface area contributed by atoms with Gasteiger partial charge < -0.3 is 4.74 Å². The van der Waals surface area contributed by atoms with Gasteiger partial charge in [0.2, 0.25) is 0 Å². The second kappa shape index (κ2) is 7.60. The van der Waals surface area contributed by atoms with Crippen LogP contribution in [0.15, 0.2) is 82.8 Å². The van der Waals surface area contributed by atoms with Crippen LogP contribution in [0.1, 0.15) is 16.0 Å². The maximum Gasteiger partial charge on any atom is 0.276 e. The zero-order chi connectivity index (χ0) is 18.6. The third-order valence-electron chi connectivity index (χ3n) is 4.31. The predicted molar refractivity (Wildman–Crippen MR) is 109 cm³/mol. The van der Waals surface area contributed by atoms with E-state index in [1.807, 2.05) is 78.2 Å². The van der Waals surface area contributed by atoms with Gasteiger partial charge in [-0.15, -0.1) is 11.3 Å². The van der Waals surface area contributed by atoms with Gasteiger partial charge in [0, 0.05) is 10.4 Å². The number of amides is 1. The van der Waals surface area contributed by atoms with Crippen LogP contribution in [-0.2, 0) is 11.3 Å². The van der Waals surface area contributed by atoms with Crippen LogP contribution in [0.25, 0.3) is 6.08 Å². The van der Waals surface area contributed by atoms with E-state index in [2.05, 4.69) is 5.10 Å². The molecule has 134 valence electrons. The highest BCUT2D eigenvalue weighted by molar-refractivity contribution is 7.10. The molecule has 4 rings (SSSR count). The number of hydrazone groups is 1. The Kier molecular flexibility index (Phi) is 4.85. The van der Waals surface area contributed by atoms with Crippen LogP contribution in [0.2, 0.25) is 0 Å². The summed E-state index contributed by atoms with van der Waals surface area (Å²) < 4.78 is 5.23. The molecule has 0 aliphatic carbocycles. The number of nitrogens with zero attached hydrogens (tertiary/aromatic N) is 2. The average Bonchev–Trinajstić information content (AvgIpc) is 3.33. The molecule has 0 N–H and O–H groups in total. The molecule has 0 radical (unpaired) electrons. The number of benzene rings is 2. The first-order valence-corrected chi connectivity index (χ1v) is 9.47. The number of rotatable bonds is 5. The van der Waals surface area contributed by atoms with E-state index in [1.54, 1.807) is 18.4 Å². The molecule has 1 aromatic heterocycles. The number of hydrogen-bond acceptors (Lipinski definition) is 4. The largest absolute Gasteiger partial charge is 0.497 e. The lowest BCUT2D eigenvalue weighted by atomic mass is 10.0. The molecule has 4 nitrogen and oxygen atoms in total. The Morgan fingerprint density at radius 1 is 1.04 bits per heavy atom. The van der Waals surface area contributed by atoms with E-state index < -0.39 is 0 Å². The van der Waals surface area contributed by atoms with E-state index in [4.69, 9.17) is 4.74 Å². The molecule has 0 fully saturated rings. The van der Waals surface area contributed by atoms with Gasteiger partial charge in [-0.1, -0.05) is 36.4 Å². The van der Waals surface area contributed by atoms with E-state index in [-0.39, 0.29) is 5.91 Å². The van der Waals surface area contributed by atoms with Crippen molar-refractivity contribution < 1.29 is 9.53 Å². The summed E-state index contributed by atoms with van der Waals surface area (Å²) in [5, 5.41) is 8.18. The Balaban J connectivity index is 1.72. The molecule has 0 saturated carbocycles. The normalized spacial score (nSPS) is 15.3. The van der Waals surface area contributed by atoms with Crippen molar-refractivity contribution in [1.82, 2.24) is 5.01 Å². The van der Waals surface area contributed by atoms with E-state index in [1.165, 1.54) is 5.01 Å². The molecular weight excluding hydrogens is 356 g/mol. The smallest absolute Gasteiger partial charge is 0.276 e. The lowest BCUT2D eigenvalue weighted by molar-refractivity contribution is -0.126. The number of methoxy groups -OCH3 is 1. The van der Waals surface area contributed by atoms with Gasteiger partial charge in [0.1, 0.15) is 11.5 Å². The molecule has 0 spiro atoms. The zero-order valence-corrected chi connectivity index (χ0v) is 15.6. The minimum absolute atomic E-state index is 0.0851. The fourth-order valence-electron chi connectivity index (χ4n) is 2.93. The van der Waals surface area contributed by atoms with Crippen molar-refractivity contribution in [2.45, 2.75) is 6.54 Å². The Morgan fingerprint density at radius 3 is 2.48 bits per heavy atom. The van der Waals surface area contributed by atoms with Crippen LogP contribution in [0.4, 0.5) is 0 Å². The van der Waals surface area contributed by atoms with Gasteiger partial charge in [-0.05, 0) is 47.4 Å². The summed E-state index contributed by atoms with van der Waals surface area (Å²) in [6, 6.07) is 21.5. The molecule has 27 heavy (non-hydrogen) atoms. The summed E-state index contributed by atoms with van der Waals surface area (Å²) >= 11 is 1.60. The van der Waals surface area contributed by atoms with Gasteiger partial charge in [0.15, 0.2) is 0 Å². The van der Waals surface area contributed by atoms with Crippen LogP contribution in [0, 0.1) is 0 Å². The highest BCUT2D eigenvalue weighted by atomic mass is 32.1. The monoisotopic (exact) mass is 374 g/mol. The van der Waals surface area contributed by atoms with Gasteiger partial charge in [-0.3, -0.25) is 4.79 Å². The van der Waals surface area contributed by atoms with Crippen LogP contribution in [0.5, 0.6) is 5.75 Å². The number of thiophene rings is 1. The molecule has 2 aromatic carbocycles. The van der Waals surface area contributed by atoms with Crippen molar-refractivity contribution in [3.63, 3.8) is 0 Å². The SMILES string of the molecule is COc1ccc(C2=NN(Cc3ccccc3)C(=O)/C2=C\c2cccs2)cc1. The maximum absolute atomic E-state index is 13.1. The molecular formula is C22H18N2O2S. The molecule has 0 unspecified atom stereocenters. The molecule has 5 heteroatoms. The van der Waals surface area contributed by atoms with Crippen molar-refractivity contribution in [2.24, 2.45) is 5.10 Å². The average molecular weight is 374 g/mol. The first-order valence-electron chi connectivity index (χ1n) is 8.59. The van der Waals surface area contributed by atoms with Gasteiger partial charge >= 0.3 is 0 Å². The molecule has 1 aliphatic rings. The number of ether oxygens (including phenoxy) is 1. The first-order chi connectivity index (χ1) is 13.2. The number of carbonyl (C=O) groups is 1. The predicted octanol–water partition coefficient (Wildman–Crippen LogP) is 4.59. The van der Waals surface area contributed by atoms with E-state index in [0.29, 0.717) is 17.8 Å². The summed E-state index contributed by atoms with van der Waals surface area (Å²) in [4.78, 5) is 14.1. The fourth-order valence-corrected chi connectivity index (χ4v) is 3.59. The van der Waals surface area contributed by atoms with Gasteiger partial charge in [0.25, 0.3) is 5.91 Å². The van der Waals surface area contributed by atoms with Crippen LogP contribution in [-0.4, -0.2) is 23.7 Å². The Labute approximate surface area is 162 Å². The van der Waals surface area contributed by atoms with Gasteiger partial charge in [-0.25, -0.2) is 5.01 Å². The molecule has 2 heterocycles. The second-order valence-corrected chi connectivity index (χ2v) is 7.08. The fraction of sp³-hybridized carbons (Fsp3) is 0.0909. The van der Waals surface area contributed by atoms with Crippen LogP contribution < -0.4 is 4.74 Å². The molecule has 1 aliphatic heterocycles. The summed E-state index contributed by atoms with van der Waals surface area (Å²) in [5.74, 6) is 0.687. The summed E-state index contributed by atoms with van der Waals surface area (Å²) in [5.41, 5.74) is 3.23. The van der Waals surface area contributed by atoms with Crippen molar-refractivity contribution in [3.8, 4) is 5.75 Å². The van der Waals surface area contributed by atoms with E-state index in [9.17, 15) is 4.79 Å². The van der Waals surface area contributed by atoms with Crippen molar-refractivity contribution in [1.29, 1.82) is 0 Å². The maximum atomic E-state index is 13.1. The molecule has 1 amide bonds. The van der Waals surface area contributed by atoms with E-state index in [0.717, 1.165) is 21.8 Å². The van der Waals surface area contributed by atoms with E-state index >= 15 is 0 Å².